The maximum atomic E-state index is 13.2. The number of anilines is 2. The first-order valence-electron chi connectivity index (χ1n) is 9.22. The fourth-order valence-corrected chi connectivity index (χ4v) is 4.28. The number of amides is 1. The molecule has 2 heterocycles. The highest BCUT2D eigenvalue weighted by Gasteiger charge is 2.23. The summed E-state index contributed by atoms with van der Waals surface area (Å²) in [6.45, 7) is 5.74. The second-order valence-corrected chi connectivity index (χ2v) is 8.14. The van der Waals surface area contributed by atoms with Crippen LogP contribution < -0.4 is 5.32 Å². The lowest BCUT2D eigenvalue weighted by atomic mass is 10.1. The molecule has 1 amide bonds. The van der Waals surface area contributed by atoms with Crippen LogP contribution in [-0.2, 0) is 0 Å². The number of thioether (sulfide) groups is 1. The Labute approximate surface area is 164 Å². The van der Waals surface area contributed by atoms with E-state index in [0.29, 0.717) is 5.56 Å². The van der Waals surface area contributed by atoms with Crippen molar-refractivity contribution in [1.82, 2.24) is 9.88 Å². The Kier molecular flexibility index (Phi) is 5.03. The zero-order valence-electron chi connectivity index (χ0n) is 15.7. The second-order valence-electron chi connectivity index (χ2n) is 6.91. The van der Waals surface area contributed by atoms with Crippen LogP contribution in [0.4, 0.5) is 11.4 Å². The van der Waals surface area contributed by atoms with Gasteiger partial charge in [0.15, 0.2) is 0 Å². The zero-order chi connectivity index (χ0) is 18.8. The summed E-state index contributed by atoms with van der Waals surface area (Å²) >= 11 is 1.90. The molecule has 27 heavy (non-hydrogen) atoms. The first kappa shape index (κ1) is 17.9. The predicted octanol–water partition coefficient (Wildman–Crippen LogP) is 4.78. The normalized spacial score (nSPS) is 14.4. The number of aromatic nitrogens is 1. The number of nitrogens with zero attached hydrogens (tertiary/aromatic N) is 2. The fourth-order valence-electron chi connectivity index (χ4n) is 3.38. The van der Waals surface area contributed by atoms with Crippen molar-refractivity contribution in [2.45, 2.75) is 13.8 Å². The lowest BCUT2D eigenvalue weighted by molar-refractivity contribution is 0.0773. The number of benzene rings is 2. The Hall–Kier alpha value is -2.53. The number of carbonyl (C=O) groups excluding carboxylic acids is 1. The maximum Gasteiger partial charge on any atom is 0.257 e. The van der Waals surface area contributed by atoms with Gasteiger partial charge in [-0.15, -0.1) is 0 Å². The molecule has 1 aliphatic heterocycles. The molecule has 1 aliphatic rings. The number of hydrogen-bond donors (Lipinski definition) is 1. The molecule has 1 aromatic heterocycles. The summed E-state index contributed by atoms with van der Waals surface area (Å²) in [7, 11) is 0. The molecule has 1 N–H and O–H groups in total. The predicted molar refractivity (Wildman–Crippen MR) is 114 cm³/mol. The average Bonchev–Trinajstić information content (AvgIpc) is 2.71. The second kappa shape index (κ2) is 7.61. The molecule has 5 heteroatoms. The molecule has 0 spiro atoms. The van der Waals surface area contributed by atoms with Crippen molar-refractivity contribution in [2.24, 2.45) is 0 Å². The number of pyridine rings is 1. The summed E-state index contributed by atoms with van der Waals surface area (Å²) in [4.78, 5) is 19.7. The minimum Gasteiger partial charge on any atom is -0.354 e. The Morgan fingerprint density at radius 2 is 1.89 bits per heavy atom. The summed E-state index contributed by atoms with van der Waals surface area (Å²) in [5, 5.41) is 4.52. The van der Waals surface area contributed by atoms with Crippen molar-refractivity contribution in [3.63, 3.8) is 0 Å². The lowest BCUT2D eigenvalue weighted by Crippen LogP contribution is -2.38. The molecule has 4 nitrogen and oxygen atoms in total. The third-order valence-electron chi connectivity index (χ3n) is 4.96. The van der Waals surface area contributed by atoms with Gasteiger partial charge in [-0.1, -0.05) is 30.3 Å². The summed E-state index contributed by atoms with van der Waals surface area (Å²) < 4.78 is 0. The molecule has 3 aromatic rings. The van der Waals surface area contributed by atoms with Crippen molar-refractivity contribution < 1.29 is 4.79 Å². The topological polar surface area (TPSA) is 45.2 Å². The van der Waals surface area contributed by atoms with E-state index in [0.717, 1.165) is 52.4 Å². The number of fused-ring (bicyclic) bond motifs is 1. The SMILES string of the molecule is Cc1ccc(C)c(Nc2c(C(=O)N3CCSCC3)cnc3ccccc23)c1. The third kappa shape index (κ3) is 3.65. The number of hydrogen-bond acceptors (Lipinski definition) is 4. The number of aryl methyl sites for hydroxylation is 2. The van der Waals surface area contributed by atoms with Gasteiger partial charge in [-0.05, 0) is 37.1 Å². The average molecular weight is 378 g/mol. The largest absolute Gasteiger partial charge is 0.354 e. The highest BCUT2D eigenvalue weighted by atomic mass is 32.2. The van der Waals surface area contributed by atoms with E-state index < -0.39 is 0 Å². The molecule has 0 unspecified atom stereocenters. The van der Waals surface area contributed by atoms with Gasteiger partial charge in [0.05, 0.1) is 16.8 Å². The molecule has 4 rings (SSSR count). The summed E-state index contributed by atoms with van der Waals surface area (Å²) in [6.07, 6.45) is 1.72. The van der Waals surface area contributed by atoms with Crippen LogP contribution in [0.5, 0.6) is 0 Å². The molecule has 1 fully saturated rings. The molecule has 2 aromatic carbocycles. The lowest BCUT2D eigenvalue weighted by Gasteiger charge is -2.27. The number of rotatable bonds is 3. The standard InChI is InChI=1S/C22H23N3OS/c1-15-7-8-16(2)20(13-15)24-21-17-5-3-4-6-19(17)23-14-18(21)22(26)25-9-11-27-12-10-25/h3-8,13-14H,9-12H2,1-2H3,(H,23,24). The fraction of sp³-hybridized carbons (Fsp3) is 0.273. The molecular formula is C22H23N3OS. The van der Waals surface area contributed by atoms with Crippen molar-refractivity contribution in [2.75, 3.05) is 29.9 Å². The smallest absolute Gasteiger partial charge is 0.257 e. The van der Waals surface area contributed by atoms with Crippen molar-refractivity contribution in [3.8, 4) is 0 Å². The van der Waals surface area contributed by atoms with E-state index in [4.69, 9.17) is 0 Å². The van der Waals surface area contributed by atoms with Crippen LogP contribution in [-0.4, -0.2) is 40.4 Å². The van der Waals surface area contributed by atoms with Crippen LogP contribution in [0.3, 0.4) is 0 Å². The van der Waals surface area contributed by atoms with E-state index in [1.807, 2.05) is 40.9 Å². The van der Waals surface area contributed by atoms with Gasteiger partial charge in [-0.2, -0.15) is 11.8 Å². The molecule has 138 valence electrons. The summed E-state index contributed by atoms with van der Waals surface area (Å²) in [5.74, 6) is 2.04. The molecular weight excluding hydrogens is 354 g/mol. The van der Waals surface area contributed by atoms with Gasteiger partial charge in [0.2, 0.25) is 0 Å². The van der Waals surface area contributed by atoms with Crippen LogP contribution in [0.25, 0.3) is 10.9 Å². The van der Waals surface area contributed by atoms with Crippen LogP contribution in [0.15, 0.2) is 48.7 Å². The van der Waals surface area contributed by atoms with Crippen LogP contribution in [0, 0.1) is 13.8 Å². The van der Waals surface area contributed by atoms with Crippen LogP contribution >= 0.6 is 11.8 Å². The summed E-state index contributed by atoms with van der Waals surface area (Å²) in [6, 6.07) is 14.3. The molecule has 0 radical (unpaired) electrons. The van der Waals surface area contributed by atoms with E-state index in [9.17, 15) is 4.79 Å². The first-order valence-corrected chi connectivity index (χ1v) is 10.4. The van der Waals surface area contributed by atoms with Gasteiger partial charge in [-0.25, -0.2) is 0 Å². The van der Waals surface area contributed by atoms with Crippen molar-refractivity contribution in [3.05, 3.63) is 65.4 Å². The Bertz CT molecular complexity index is 996. The Morgan fingerprint density at radius 1 is 1.11 bits per heavy atom. The molecule has 0 saturated carbocycles. The zero-order valence-corrected chi connectivity index (χ0v) is 16.5. The number of para-hydroxylation sites is 1. The van der Waals surface area contributed by atoms with Gasteiger partial charge in [0.1, 0.15) is 0 Å². The number of nitrogens with one attached hydrogen (secondary N) is 1. The molecule has 0 aliphatic carbocycles. The van der Waals surface area contributed by atoms with Crippen LogP contribution in [0.2, 0.25) is 0 Å². The van der Waals surface area contributed by atoms with Crippen molar-refractivity contribution >= 4 is 39.9 Å². The monoisotopic (exact) mass is 377 g/mol. The van der Waals surface area contributed by atoms with Gasteiger partial charge < -0.3 is 10.2 Å². The van der Waals surface area contributed by atoms with Gasteiger partial charge in [-0.3, -0.25) is 9.78 Å². The minimum absolute atomic E-state index is 0.0568. The molecule has 0 bridgehead atoms. The van der Waals surface area contributed by atoms with E-state index in [1.54, 1.807) is 6.20 Å². The summed E-state index contributed by atoms with van der Waals surface area (Å²) in [5.41, 5.74) is 5.72. The molecule has 0 atom stereocenters. The van der Waals surface area contributed by atoms with E-state index >= 15 is 0 Å². The Morgan fingerprint density at radius 3 is 2.70 bits per heavy atom. The van der Waals surface area contributed by atoms with E-state index in [1.165, 1.54) is 5.56 Å². The van der Waals surface area contributed by atoms with E-state index in [-0.39, 0.29) is 5.91 Å². The first-order chi connectivity index (χ1) is 13.1. The highest BCUT2D eigenvalue weighted by molar-refractivity contribution is 7.99. The Balaban J connectivity index is 1.82. The van der Waals surface area contributed by atoms with E-state index in [2.05, 4.69) is 42.3 Å². The van der Waals surface area contributed by atoms with Gasteiger partial charge in [0.25, 0.3) is 5.91 Å². The quantitative estimate of drug-likeness (QED) is 0.713. The van der Waals surface area contributed by atoms with Gasteiger partial charge >= 0.3 is 0 Å². The maximum absolute atomic E-state index is 13.2. The third-order valence-corrected chi connectivity index (χ3v) is 5.90. The van der Waals surface area contributed by atoms with Crippen molar-refractivity contribution in [1.29, 1.82) is 0 Å². The molecule has 1 saturated heterocycles. The minimum atomic E-state index is 0.0568. The van der Waals surface area contributed by atoms with Gasteiger partial charge in [0, 0.05) is 41.9 Å². The number of carbonyl (C=O) groups is 1. The highest BCUT2D eigenvalue weighted by Crippen LogP contribution is 2.32. The van der Waals surface area contributed by atoms with Crippen LogP contribution in [0.1, 0.15) is 21.5 Å².